The van der Waals surface area contributed by atoms with Gasteiger partial charge in [-0.2, -0.15) is 0 Å². The van der Waals surface area contributed by atoms with Gasteiger partial charge in [-0.15, -0.1) is 0 Å². The minimum absolute atomic E-state index is 0.0423. The summed E-state index contributed by atoms with van der Waals surface area (Å²) in [6.07, 6.45) is 1.83. The third-order valence-corrected chi connectivity index (χ3v) is 7.86. The summed E-state index contributed by atoms with van der Waals surface area (Å²) in [7, 11) is 4.82. The van der Waals surface area contributed by atoms with Crippen LogP contribution in [0.2, 0.25) is 0 Å². The van der Waals surface area contributed by atoms with Gasteiger partial charge >= 0.3 is 0 Å². The molecule has 0 aliphatic carbocycles. The van der Waals surface area contributed by atoms with Crippen LogP contribution in [-0.4, -0.2) is 93.4 Å². The number of methoxy groups -OCH3 is 3. The maximum atomic E-state index is 14.1. The Labute approximate surface area is 240 Å². The van der Waals surface area contributed by atoms with Gasteiger partial charge in [0.1, 0.15) is 28.6 Å². The van der Waals surface area contributed by atoms with Crippen LogP contribution >= 0.6 is 0 Å². The first-order valence-corrected chi connectivity index (χ1v) is 14.0. The molecule has 218 valence electrons. The summed E-state index contributed by atoms with van der Waals surface area (Å²) in [5, 5.41) is 0.801. The minimum atomic E-state index is -0.136. The average Bonchev–Trinajstić information content (AvgIpc) is 3.52. The largest absolute Gasteiger partial charge is 0.496 e. The van der Waals surface area contributed by atoms with E-state index < -0.39 is 0 Å². The van der Waals surface area contributed by atoms with E-state index in [2.05, 4.69) is 4.90 Å². The number of pyridine rings is 1. The Kier molecular flexibility index (Phi) is 8.78. The molecule has 2 fully saturated rings. The fourth-order valence-electron chi connectivity index (χ4n) is 5.66. The highest BCUT2D eigenvalue weighted by Crippen LogP contribution is 2.36. The molecule has 0 saturated carbocycles. The zero-order valence-electron chi connectivity index (χ0n) is 24.2. The Morgan fingerprint density at radius 3 is 2.34 bits per heavy atom. The van der Waals surface area contributed by atoms with Crippen LogP contribution < -0.4 is 19.1 Å². The lowest BCUT2D eigenvalue weighted by molar-refractivity contribution is -0.129. The average molecular weight is 563 g/mol. The Morgan fingerprint density at radius 1 is 0.976 bits per heavy atom. The molecule has 0 bridgehead atoms. The molecule has 0 N–H and O–H groups in total. The number of ether oxygens (including phenoxy) is 4. The molecule has 2 aliphatic heterocycles. The van der Waals surface area contributed by atoms with Crippen LogP contribution in [0.15, 0.2) is 42.5 Å². The van der Waals surface area contributed by atoms with Gasteiger partial charge in [0.2, 0.25) is 5.91 Å². The van der Waals surface area contributed by atoms with Gasteiger partial charge in [0.25, 0.3) is 5.91 Å². The van der Waals surface area contributed by atoms with Crippen molar-refractivity contribution in [1.82, 2.24) is 14.8 Å². The topological polar surface area (TPSA) is 93.7 Å². The van der Waals surface area contributed by atoms with Gasteiger partial charge in [-0.1, -0.05) is 12.1 Å². The fourth-order valence-corrected chi connectivity index (χ4v) is 5.66. The second-order valence-electron chi connectivity index (χ2n) is 10.4. The summed E-state index contributed by atoms with van der Waals surface area (Å²) in [6.45, 7) is 5.50. The van der Waals surface area contributed by atoms with Crippen molar-refractivity contribution in [1.29, 1.82) is 0 Å². The highest BCUT2D eigenvalue weighted by atomic mass is 16.5. The number of piperazine rings is 1. The predicted molar refractivity (Wildman–Crippen MR) is 156 cm³/mol. The van der Waals surface area contributed by atoms with Crippen LogP contribution in [0.4, 0.5) is 5.82 Å². The van der Waals surface area contributed by atoms with E-state index in [4.69, 9.17) is 23.9 Å². The van der Waals surface area contributed by atoms with Crippen molar-refractivity contribution in [2.45, 2.75) is 32.4 Å². The standard InChI is InChI=1S/C31H38N4O6/c1-21(36)33-13-15-34(16-14-33)30-22(18-25-27(39-3)11-12-28(40-4)29(25)32-30)19-35(20-23-8-7-17-41-23)31(37)24-9-5-6-10-26(24)38-2/h5-6,9-12,18,23H,7-8,13-17,19-20H2,1-4H3. The number of para-hydroxylation sites is 1. The monoisotopic (exact) mass is 562 g/mol. The number of benzene rings is 2. The second-order valence-corrected chi connectivity index (χ2v) is 10.4. The van der Waals surface area contributed by atoms with Crippen LogP contribution in [0.3, 0.4) is 0 Å². The summed E-state index contributed by atoms with van der Waals surface area (Å²) in [4.78, 5) is 37.1. The van der Waals surface area contributed by atoms with Crippen LogP contribution in [-0.2, 0) is 16.1 Å². The molecular formula is C31H38N4O6. The first-order chi connectivity index (χ1) is 19.9. The van der Waals surface area contributed by atoms with E-state index in [1.54, 1.807) is 40.4 Å². The number of hydrogen-bond acceptors (Lipinski definition) is 8. The van der Waals surface area contributed by atoms with Gasteiger partial charge < -0.3 is 33.6 Å². The highest BCUT2D eigenvalue weighted by molar-refractivity contribution is 5.97. The number of hydrogen-bond donors (Lipinski definition) is 0. The molecule has 0 radical (unpaired) electrons. The second kappa shape index (κ2) is 12.6. The third kappa shape index (κ3) is 6.02. The number of fused-ring (bicyclic) bond motifs is 1. The zero-order chi connectivity index (χ0) is 28.9. The molecule has 1 atom stereocenters. The number of nitrogens with zero attached hydrogens (tertiary/aromatic N) is 4. The van der Waals surface area contributed by atoms with Crippen LogP contribution in [0, 0.1) is 0 Å². The fraction of sp³-hybridized carbons (Fsp3) is 0.452. The Bertz CT molecular complexity index is 1400. The van der Waals surface area contributed by atoms with E-state index in [-0.39, 0.29) is 17.9 Å². The van der Waals surface area contributed by atoms with E-state index in [0.717, 1.165) is 29.6 Å². The van der Waals surface area contributed by atoms with Gasteiger partial charge in [0.15, 0.2) is 0 Å². The Morgan fingerprint density at radius 2 is 1.68 bits per heavy atom. The number of amides is 2. The molecule has 2 aliphatic rings. The first-order valence-electron chi connectivity index (χ1n) is 14.0. The number of anilines is 1. The molecule has 10 heteroatoms. The molecule has 3 aromatic rings. The van der Waals surface area contributed by atoms with Gasteiger partial charge in [0.05, 0.1) is 33.0 Å². The van der Waals surface area contributed by atoms with Crippen molar-refractivity contribution in [3.8, 4) is 17.2 Å². The molecule has 1 unspecified atom stereocenters. The van der Waals surface area contributed by atoms with E-state index in [1.165, 1.54) is 0 Å². The first kappa shape index (κ1) is 28.5. The summed E-state index contributed by atoms with van der Waals surface area (Å²) >= 11 is 0. The molecule has 10 nitrogen and oxygen atoms in total. The van der Waals surface area contributed by atoms with Gasteiger partial charge in [0, 0.05) is 63.7 Å². The quantitative estimate of drug-likeness (QED) is 0.389. The molecule has 41 heavy (non-hydrogen) atoms. The summed E-state index contributed by atoms with van der Waals surface area (Å²) in [5.74, 6) is 2.52. The SMILES string of the molecule is COc1ccccc1C(=O)N(Cc1cc2c(OC)ccc(OC)c2nc1N1CCN(C(C)=O)CC1)CC1CCCO1. The van der Waals surface area contributed by atoms with Gasteiger partial charge in [-0.25, -0.2) is 4.98 Å². The Balaban J connectivity index is 1.59. The lowest BCUT2D eigenvalue weighted by atomic mass is 10.1. The molecule has 3 heterocycles. The van der Waals surface area contributed by atoms with E-state index in [0.29, 0.717) is 74.2 Å². The highest BCUT2D eigenvalue weighted by Gasteiger charge is 2.29. The van der Waals surface area contributed by atoms with Crippen molar-refractivity contribution in [3.63, 3.8) is 0 Å². The number of aromatic nitrogens is 1. The van der Waals surface area contributed by atoms with E-state index in [1.807, 2.05) is 40.1 Å². The van der Waals surface area contributed by atoms with Gasteiger partial charge in [-0.05, 0) is 43.2 Å². The molecule has 2 saturated heterocycles. The summed E-state index contributed by atoms with van der Waals surface area (Å²) in [5.41, 5.74) is 2.06. The minimum Gasteiger partial charge on any atom is -0.496 e. The van der Waals surface area contributed by atoms with Crippen molar-refractivity contribution in [3.05, 3.63) is 53.6 Å². The smallest absolute Gasteiger partial charge is 0.258 e. The van der Waals surface area contributed by atoms with Crippen LogP contribution in [0.5, 0.6) is 17.2 Å². The van der Waals surface area contributed by atoms with Crippen LogP contribution in [0.1, 0.15) is 35.7 Å². The normalized spacial score (nSPS) is 17.0. The molecular weight excluding hydrogens is 524 g/mol. The van der Waals surface area contributed by atoms with E-state index in [9.17, 15) is 9.59 Å². The molecule has 5 rings (SSSR count). The summed E-state index contributed by atoms with van der Waals surface area (Å²) < 4.78 is 22.9. The lowest BCUT2D eigenvalue weighted by Crippen LogP contribution is -2.48. The Hall–Kier alpha value is -4.05. The molecule has 0 spiro atoms. The van der Waals surface area contributed by atoms with Crippen molar-refractivity contribution in [2.75, 3.05) is 65.6 Å². The zero-order valence-corrected chi connectivity index (χ0v) is 24.2. The maximum Gasteiger partial charge on any atom is 0.258 e. The number of carbonyl (C=O) groups is 2. The third-order valence-electron chi connectivity index (χ3n) is 7.86. The van der Waals surface area contributed by atoms with E-state index >= 15 is 0 Å². The van der Waals surface area contributed by atoms with Gasteiger partial charge in [-0.3, -0.25) is 9.59 Å². The molecule has 1 aromatic heterocycles. The maximum absolute atomic E-state index is 14.1. The lowest BCUT2D eigenvalue weighted by Gasteiger charge is -2.36. The van der Waals surface area contributed by atoms with Crippen molar-refractivity contribution in [2.24, 2.45) is 0 Å². The van der Waals surface area contributed by atoms with Crippen molar-refractivity contribution >= 4 is 28.5 Å². The molecule has 2 aromatic carbocycles. The number of carbonyl (C=O) groups excluding carboxylic acids is 2. The predicted octanol–water partition coefficient (Wildman–Crippen LogP) is 3.75. The number of rotatable bonds is 9. The van der Waals surface area contributed by atoms with Crippen molar-refractivity contribution < 1.29 is 28.5 Å². The van der Waals surface area contributed by atoms with Crippen LogP contribution in [0.25, 0.3) is 10.9 Å². The summed E-state index contributed by atoms with van der Waals surface area (Å²) in [6, 6.07) is 13.0. The molecule has 2 amide bonds.